The first-order valence-corrected chi connectivity index (χ1v) is 6.40. The second kappa shape index (κ2) is 5.77. The Bertz CT molecular complexity index is 490. The third kappa shape index (κ3) is 2.59. The summed E-state index contributed by atoms with van der Waals surface area (Å²) in [6.07, 6.45) is 7.40. The Labute approximate surface area is 107 Å². The number of nitrogens with two attached hydrogens (primary N) is 1. The monoisotopic (exact) mass is 248 g/mol. The number of hydrogen-bond donors (Lipinski definition) is 2. The van der Waals surface area contributed by atoms with Gasteiger partial charge in [-0.3, -0.25) is 4.40 Å². The molecule has 0 radical (unpaired) electrons. The molecule has 98 valence electrons. The molecule has 0 spiro atoms. The average molecular weight is 248 g/mol. The fourth-order valence-electron chi connectivity index (χ4n) is 2.16. The zero-order valence-corrected chi connectivity index (χ0v) is 10.9. The summed E-state index contributed by atoms with van der Waals surface area (Å²) < 4.78 is 1.83. The van der Waals surface area contributed by atoms with Gasteiger partial charge in [-0.1, -0.05) is 26.7 Å². The molecule has 0 amide bonds. The molecule has 2 rings (SSSR count). The SMILES string of the molecule is CCC(CC)C(N)CNc1nccn2cnnc12. The van der Waals surface area contributed by atoms with Crippen molar-refractivity contribution in [1.82, 2.24) is 19.6 Å². The van der Waals surface area contributed by atoms with E-state index < -0.39 is 0 Å². The molecule has 3 N–H and O–H groups in total. The Kier molecular flexibility index (Phi) is 4.09. The van der Waals surface area contributed by atoms with Crippen LogP contribution in [-0.4, -0.2) is 32.2 Å². The smallest absolute Gasteiger partial charge is 0.203 e. The van der Waals surface area contributed by atoms with E-state index >= 15 is 0 Å². The fraction of sp³-hybridized carbons (Fsp3) is 0.583. The summed E-state index contributed by atoms with van der Waals surface area (Å²) in [6.45, 7) is 5.04. The third-order valence-electron chi connectivity index (χ3n) is 3.38. The number of nitrogens with one attached hydrogen (secondary N) is 1. The number of hydrogen-bond acceptors (Lipinski definition) is 5. The highest BCUT2D eigenvalue weighted by molar-refractivity contribution is 5.61. The molecule has 2 heterocycles. The number of nitrogens with zero attached hydrogens (tertiary/aromatic N) is 4. The Balaban J connectivity index is 2.04. The average Bonchev–Trinajstić information content (AvgIpc) is 2.86. The zero-order valence-electron chi connectivity index (χ0n) is 10.9. The minimum absolute atomic E-state index is 0.130. The fourth-order valence-corrected chi connectivity index (χ4v) is 2.16. The van der Waals surface area contributed by atoms with Crippen molar-refractivity contribution in [1.29, 1.82) is 0 Å². The van der Waals surface area contributed by atoms with Crippen LogP contribution in [0.4, 0.5) is 5.82 Å². The minimum atomic E-state index is 0.130. The molecule has 0 aliphatic heterocycles. The highest BCUT2D eigenvalue weighted by Crippen LogP contribution is 2.14. The molecule has 0 fully saturated rings. The van der Waals surface area contributed by atoms with Gasteiger partial charge >= 0.3 is 0 Å². The van der Waals surface area contributed by atoms with Crippen LogP contribution in [0, 0.1) is 5.92 Å². The Morgan fingerprint density at radius 2 is 2.17 bits per heavy atom. The van der Waals surface area contributed by atoms with E-state index in [0.717, 1.165) is 24.3 Å². The second-order valence-corrected chi connectivity index (χ2v) is 4.46. The maximum Gasteiger partial charge on any atom is 0.203 e. The normalized spacial score (nSPS) is 13.1. The first-order valence-electron chi connectivity index (χ1n) is 6.40. The summed E-state index contributed by atoms with van der Waals surface area (Å²) in [4.78, 5) is 4.27. The summed E-state index contributed by atoms with van der Waals surface area (Å²) >= 11 is 0. The van der Waals surface area contributed by atoms with Gasteiger partial charge in [0.25, 0.3) is 0 Å². The molecule has 1 unspecified atom stereocenters. The number of aromatic nitrogens is 4. The molecule has 6 nitrogen and oxygen atoms in total. The van der Waals surface area contributed by atoms with Crippen molar-refractivity contribution in [2.75, 3.05) is 11.9 Å². The lowest BCUT2D eigenvalue weighted by Crippen LogP contribution is -2.36. The molecule has 0 bridgehead atoms. The van der Waals surface area contributed by atoms with Crippen molar-refractivity contribution in [3.63, 3.8) is 0 Å². The first kappa shape index (κ1) is 12.8. The topological polar surface area (TPSA) is 81.1 Å². The van der Waals surface area contributed by atoms with Gasteiger partial charge in [-0.05, 0) is 5.92 Å². The van der Waals surface area contributed by atoms with E-state index in [0.29, 0.717) is 12.5 Å². The largest absolute Gasteiger partial charge is 0.365 e. The maximum atomic E-state index is 6.17. The van der Waals surface area contributed by atoms with Crippen molar-refractivity contribution >= 4 is 11.5 Å². The summed E-state index contributed by atoms with van der Waals surface area (Å²) in [5, 5.41) is 11.2. The van der Waals surface area contributed by atoms with Crippen LogP contribution in [0.3, 0.4) is 0 Å². The molecular weight excluding hydrogens is 228 g/mol. The molecule has 18 heavy (non-hydrogen) atoms. The first-order chi connectivity index (χ1) is 8.76. The lowest BCUT2D eigenvalue weighted by Gasteiger charge is -2.21. The highest BCUT2D eigenvalue weighted by Gasteiger charge is 2.14. The van der Waals surface area contributed by atoms with E-state index in [1.165, 1.54) is 0 Å². The Hall–Kier alpha value is -1.69. The predicted octanol–water partition coefficient (Wildman–Crippen LogP) is 1.30. The number of rotatable bonds is 6. The lowest BCUT2D eigenvalue weighted by atomic mass is 9.95. The molecule has 0 aliphatic rings. The van der Waals surface area contributed by atoms with Crippen LogP contribution in [0.5, 0.6) is 0 Å². The van der Waals surface area contributed by atoms with Gasteiger partial charge in [-0.15, -0.1) is 10.2 Å². The van der Waals surface area contributed by atoms with Gasteiger partial charge in [-0.25, -0.2) is 4.98 Å². The molecule has 2 aromatic rings. The zero-order chi connectivity index (χ0) is 13.0. The van der Waals surface area contributed by atoms with Crippen molar-refractivity contribution in [2.24, 2.45) is 11.7 Å². The second-order valence-electron chi connectivity index (χ2n) is 4.46. The van der Waals surface area contributed by atoms with Crippen LogP contribution < -0.4 is 11.1 Å². The van der Waals surface area contributed by atoms with Gasteiger partial charge < -0.3 is 11.1 Å². The number of anilines is 1. The van der Waals surface area contributed by atoms with E-state index in [4.69, 9.17) is 5.73 Å². The molecular formula is C12H20N6. The van der Waals surface area contributed by atoms with Crippen molar-refractivity contribution in [2.45, 2.75) is 32.7 Å². The van der Waals surface area contributed by atoms with Crippen LogP contribution in [0.15, 0.2) is 18.7 Å². The Morgan fingerprint density at radius 1 is 1.39 bits per heavy atom. The summed E-state index contributed by atoms with van der Waals surface area (Å²) in [7, 11) is 0. The summed E-state index contributed by atoms with van der Waals surface area (Å²) in [6, 6.07) is 0.130. The summed E-state index contributed by atoms with van der Waals surface area (Å²) in [5.41, 5.74) is 6.90. The quantitative estimate of drug-likeness (QED) is 0.805. The third-order valence-corrected chi connectivity index (χ3v) is 3.38. The van der Waals surface area contributed by atoms with E-state index in [1.54, 1.807) is 12.5 Å². The molecule has 0 aromatic carbocycles. The van der Waals surface area contributed by atoms with Gasteiger partial charge in [0.2, 0.25) is 5.65 Å². The predicted molar refractivity (Wildman–Crippen MR) is 71.3 cm³/mol. The van der Waals surface area contributed by atoms with E-state index in [2.05, 4.69) is 34.3 Å². The van der Waals surface area contributed by atoms with Crippen LogP contribution >= 0.6 is 0 Å². The lowest BCUT2D eigenvalue weighted by molar-refractivity contribution is 0.407. The minimum Gasteiger partial charge on any atom is -0.365 e. The van der Waals surface area contributed by atoms with Gasteiger partial charge in [0.1, 0.15) is 6.33 Å². The maximum absolute atomic E-state index is 6.17. The van der Waals surface area contributed by atoms with Crippen molar-refractivity contribution in [3.8, 4) is 0 Å². The van der Waals surface area contributed by atoms with Crippen LogP contribution in [0.2, 0.25) is 0 Å². The van der Waals surface area contributed by atoms with Gasteiger partial charge in [0, 0.05) is 25.0 Å². The van der Waals surface area contributed by atoms with Crippen LogP contribution in [-0.2, 0) is 0 Å². The van der Waals surface area contributed by atoms with E-state index in [1.807, 2.05) is 10.6 Å². The van der Waals surface area contributed by atoms with Crippen LogP contribution in [0.25, 0.3) is 5.65 Å². The standard InChI is InChI=1S/C12H20N6/c1-3-9(4-2)10(13)7-15-11-12-17-16-8-18(12)6-5-14-11/h5-6,8-10H,3-4,7,13H2,1-2H3,(H,14,15). The van der Waals surface area contributed by atoms with Gasteiger partial charge in [0.15, 0.2) is 5.82 Å². The van der Waals surface area contributed by atoms with E-state index in [9.17, 15) is 0 Å². The molecule has 2 aromatic heterocycles. The number of fused-ring (bicyclic) bond motifs is 1. The molecule has 0 aliphatic carbocycles. The molecule has 6 heteroatoms. The van der Waals surface area contributed by atoms with Crippen molar-refractivity contribution < 1.29 is 0 Å². The molecule has 0 saturated carbocycles. The van der Waals surface area contributed by atoms with Crippen LogP contribution in [0.1, 0.15) is 26.7 Å². The van der Waals surface area contributed by atoms with E-state index in [-0.39, 0.29) is 6.04 Å². The summed E-state index contributed by atoms with van der Waals surface area (Å²) in [5.74, 6) is 1.27. The molecule has 0 saturated heterocycles. The molecule has 1 atom stereocenters. The Morgan fingerprint density at radius 3 is 2.89 bits per heavy atom. The van der Waals surface area contributed by atoms with Crippen molar-refractivity contribution in [3.05, 3.63) is 18.7 Å². The van der Waals surface area contributed by atoms with Gasteiger partial charge in [0.05, 0.1) is 0 Å². The van der Waals surface area contributed by atoms with Gasteiger partial charge in [-0.2, -0.15) is 0 Å². The highest BCUT2D eigenvalue weighted by atomic mass is 15.2.